The minimum absolute atomic E-state index is 0.185. The Bertz CT molecular complexity index is 963. The smallest absolute Gasteiger partial charge is 0.341 e. The largest absolute Gasteiger partial charge is 0.462 e. The molecule has 2 aromatic heterocycles. The molecular weight excluding hydrogens is 364 g/mol. The lowest BCUT2D eigenvalue weighted by Crippen LogP contribution is -2.15. The highest BCUT2D eigenvalue weighted by Gasteiger charge is 2.23. The van der Waals surface area contributed by atoms with Gasteiger partial charge in [0, 0.05) is 4.88 Å². The van der Waals surface area contributed by atoms with Gasteiger partial charge in [-0.05, 0) is 31.9 Å². The number of aryl methyl sites for hydroxylation is 1. The minimum Gasteiger partial charge on any atom is -0.462 e. The average molecular weight is 384 g/mol. The first-order valence-corrected chi connectivity index (χ1v) is 9.33. The van der Waals surface area contributed by atoms with Crippen LogP contribution in [0, 0.1) is 13.8 Å². The van der Waals surface area contributed by atoms with Crippen LogP contribution < -0.4 is 5.32 Å². The van der Waals surface area contributed by atoms with Crippen molar-refractivity contribution in [3.8, 4) is 0 Å². The second kappa shape index (κ2) is 8.13. The molecule has 140 valence electrons. The van der Waals surface area contributed by atoms with Crippen molar-refractivity contribution in [2.24, 2.45) is 0 Å². The molecule has 0 saturated heterocycles. The zero-order valence-corrected chi connectivity index (χ0v) is 16.2. The minimum atomic E-state index is -0.442. The molecule has 0 spiro atoms. The van der Waals surface area contributed by atoms with Gasteiger partial charge in [0.25, 0.3) is 5.91 Å². The number of aromatic nitrogens is 3. The third-order valence-electron chi connectivity index (χ3n) is 4.05. The van der Waals surface area contributed by atoms with Crippen LogP contribution in [0.1, 0.15) is 43.8 Å². The van der Waals surface area contributed by atoms with Crippen LogP contribution in [0.2, 0.25) is 0 Å². The van der Waals surface area contributed by atoms with Gasteiger partial charge >= 0.3 is 5.97 Å². The molecule has 1 amide bonds. The van der Waals surface area contributed by atoms with E-state index < -0.39 is 11.9 Å². The van der Waals surface area contributed by atoms with Gasteiger partial charge in [0.2, 0.25) is 0 Å². The second-order valence-electron chi connectivity index (χ2n) is 5.95. The fourth-order valence-electron chi connectivity index (χ4n) is 2.58. The van der Waals surface area contributed by atoms with Crippen molar-refractivity contribution >= 4 is 28.2 Å². The first kappa shape index (κ1) is 18.8. The number of nitrogens with one attached hydrogen (secondary N) is 1. The molecule has 0 unspecified atom stereocenters. The number of nitrogens with zero attached hydrogens (tertiary/aromatic N) is 3. The number of rotatable bonds is 6. The van der Waals surface area contributed by atoms with Crippen molar-refractivity contribution in [2.45, 2.75) is 27.3 Å². The summed E-state index contributed by atoms with van der Waals surface area (Å²) in [7, 11) is 0. The average Bonchev–Trinajstić information content (AvgIpc) is 3.21. The molecule has 7 nitrogen and oxygen atoms in total. The topological polar surface area (TPSA) is 86.1 Å². The van der Waals surface area contributed by atoms with Crippen molar-refractivity contribution in [3.05, 3.63) is 63.8 Å². The number of benzene rings is 1. The van der Waals surface area contributed by atoms with E-state index in [9.17, 15) is 9.59 Å². The normalized spacial score (nSPS) is 10.6. The predicted octanol–water partition coefficient (Wildman–Crippen LogP) is 3.43. The number of amides is 1. The molecule has 1 N–H and O–H groups in total. The van der Waals surface area contributed by atoms with Crippen LogP contribution in [0.3, 0.4) is 0 Å². The summed E-state index contributed by atoms with van der Waals surface area (Å²) >= 11 is 1.34. The summed E-state index contributed by atoms with van der Waals surface area (Å²) in [5, 5.41) is 11.2. The van der Waals surface area contributed by atoms with E-state index >= 15 is 0 Å². The van der Waals surface area contributed by atoms with Gasteiger partial charge in [0.15, 0.2) is 5.69 Å². The predicted molar refractivity (Wildman–Crippen MR) is 103 cm³/mol. The molecule has 0 fully saturated rings. The van der Waals surface area contributed by atoms with E-state index in [1.54, 1.807) is 17.8 Å². The lowest BCUT2D eigenvalue weighted by molar-refractivity contribution is 0.0527. The van der Waals surface area contributed by atoms with Gasteiger partial charge in [-0.1, -0.05) is 35.5 Å². The Balaban J connectivity index is 1.76. The summed E-state index contributed by atoms with van der Waals surface area (Å²) in [6.07, 6.45) is 1.58. The van der Waals surface area contributed by atoms with Crippen LogP contribution in [0.15, 0.2) is 36.5 Å². The molecule has 0 aliphatic rings. The van der Waals surface area contributed by atoms with Gasteiger partial charge in [0.05, 0.1) is 24.9 Å². The van der Waals surface area contributed by atoms with E-state index in [1.165, 1.54) is 11.3 Å². The molecule has 0 bridgehead atoms. The fraction of sp³-hybridized carbons (Fsp3) is 0.263. The maximum Gasteiger partial charge on any atom is 0.341 e. The van der Waals surface area contributed by atoms with Crippen LogP contribution in [-0.2, 0) is 11.3 Å². The zero-order chi connectivity index (χ0) is 19.4. The van der Waals surface area contributed by atoms with Gasteiger partial charge in [-0.15, -0.1) is 16.4 Å². The third-order valence-corrected chi connectivity index (χ3v) is 5.17. The van der Waals surface area contributed by atoms with Crippen molar-refractivity contribution in [1.82, 2.24) is 15.0 Å². The lowest BCUT2D eigenvalue weighted by atomic mass is 10.1. The molecule has 1 aromatic carbocycles. The van der Waals surface area contributed by atoms with Gasteiger partial charge < -0.3 is 10.1 Å². The van der Waals surface area contributed by atoms with Crippen LogP contribution in [0.4, 0.5) is 5.00 Å². The maximum atomic E-state index is 12.6. The number of ether oxygens (including phenoxy) is 1. The number of carbonyl (C=O) groups excluding carboxylic acids is 2. The van der Waals surface area contributed by atoms with Gasteiger partial charge in [-0.2, -0.15) is 0 Å². The number of hydrogen-bond donors (Lipinski definition) is 1. The SMILES string of the molecule is CCOC(=O)c1c(NC(=O)c2cn(Cc3ccccc3)nn2)sc(C)c1C. The highest BCUT2D eigenvalue weighted by atomic mass is 32.1. The van der Waals surface area contributed by atoms with Gasteiger partial charge in [-0.3, -0.25) is 4.79 Å². The van der Waals surface area contributed by atoms with Crippen molar-refractivity contribution < 1.29 is 14.3 Å². The van der Waals surface area contributed by atoms with Crippen LogP contribution in [-0.4, -0.2) is 33.5 Å². The number of carbonyl (C=O) groups is 2. The van der Waals surface area contributed by atoms with E-state index in [2.05, 4.69) is 15.6 Å². The Morgan fingerprint density at radius 1 is 1.22 bits per heavy atom. The summed E-state index contributed by atoms with van der Waals surface area (Å²) < 4.78 is 6.70. The standard InChI is InChI=1S/C19H20N4O3S/c1-4-26-19(25)16-12(2)13(3)27-18(16)20-17(24)15-11-23(22-21-15)10-14-8-6-5-7-9-14/h5-9,11H,4,10H2,1-3H3,(H,20,24). The number of anilines is 1. The maximum absolute atomic E-state index is 12.6. The Hall–Kier alpha value is -3.00. The molecular formula is C19H20N4O3S. The molecule has 0 atom stereocenters. The van der Waals surface area contributed by atoms with E-state index in [0.29, 0.717) is 17.1 Å². The Labute approximate surface area is 161 Å². The molecule has 0 radical (unpaired) electrons. The van der Waals surface area contributed by atoms with Crippen molar-refractivity contribution in [3.63, 3.8) is 0 Å². The monoisotopic (exact) mass is 384 g/mol. The van der Waals surface area contributed by atoms with Crippen molar-refractivity contribution in [2.75, 3.05) is 11.9 Å². The van der Waals surface area contributed by atoms with Crippen molar-refractivity contribution in [1.29, 1.82) is 0 Å². The van der Waals surface area contributed by atoms with E-state index in [0.717, 1.165) is 16.0 Å². The Morgan fingerprint density at radius 2 is 1.96 bits per heavy atom. The lowest BCUT2D eigenvalue weighted by Gasteiger charge is -2.05. The summed E-state index contributed by atoms with van der Waals surface area (Å²) in [4.78, 5) is 25.7. The summed E-state index contributed by atoms with van der Waals surface area (Å²) in [6, 6.07) is 9.78. The fourth-order valence-corrected chi connectivity index (χ4v) is 3.62. The molecule has 0 aliphatic carbocycles. The summed E-state index contributed by atoms with van der Waals surface area (Å²) in [5.41, 5.74) is 2.44. The number of hydrogen-bond acceptors (Lipinski definition) is 6. The first-order valence-electron chi connectivity index (χ1n) is 8.52. The molecule has 0 aliphatic heterocycles. The van der Waals surface area contributed by atoms with Gasteiger partial charge in [0.1, 0.15) is 5.00 Å². The van der Waals surface area contributed by atoms with Crippen LogP contribution in [0.25, 0.3) is 0 Å². The molecule has 8 heteroatoms. The highest BCUT2D eigenvalue weighted by molar-refractivity contribution is 7.16. The number of thiophene rings is 1. The highest BCUT2D eigenvalue weighted by Crippen LogP contribution is 2.33. The first-order chi connectivity index (χ1) is 13.0. The third kappa shape index (κ3) is 4.22. The molecule has 0 saturated carbocycles. The molecule has 2 heterocycles. The van der Waals surface area contributed by atoms with Crippen LogP contribution >= 0.6 is 11.3 Å². The molecule has 3 aromatic rings. The quantitative estimate of drug-likeness (QED) is 0.658. The van der Waals surface area contributed by atoms with E-state index in [1.807, 2.05) is 44.2 Å². The van der Waals surface area contributed by atoms with E-state index in [4.69, 9.17) is 4.74 Å². The Kier molecular flexibility index (Phi) is 5.66. The molecule has 3 rings (SSSR count). The van der Waals surface area contributed by atoms with Crippen LogP contribution in [0.5, 0.6) is 0 Å². The molecule has 27 heavy (non-hydrogen) atoms. The zero-order valence-electron chi connectivity index (χ0n) is 15.4. The number of esters is 1. The van der Waals surface area contributed by atoms with E-state index in [-0.39, 0.29) is 12.3 Å². The Morgan fingerprint density at radius 3 is 2.67 bits per heavy atom. The summed E-state index contributed by atoms with van der Waals surface area (Å²) in [6.45, 7) is 6.27. The van der Waals surface area contributed by atoms with Gasteiger partial charge in [-0.25, -0.2) is 9.48 Å². The second-order valence-corrected chi connectivity index (χ2v) is 7.17. The summed E-state index contributed by atoms with van der Waals surface area (Å²) in [5.74, 6) is -0.858.